The first kappa shape index (κ1) is 19.6. The average molecular weight is 385 g/mol. The zero-order valence-corrected chi connectivity index (χ0v) is 16.3. The molecule has 0 spiro atoms. The van der Waals surface area contributed by atoms with E-state index >= 15 is 0 Å². The maximum absolute atomic E-state index is 12.5. The molecule has 0 saturated carbocycles. The van der Waals surface area contributed by atoms with Gasteiger partial charge >= 0.3 is 11.7 Å². The molecule has 0 aliphatic carbocycles. The minimum Gasteiger partial charge on any atom is -0.423 e. The Morgan fingerprint density at radius 3 is 2.82 bits per heavy atom. The Morgan fingerprint density at radius 1 is 1.29 bits per heavy atom. The van der Waals surface area contributed by atoms with Crippen LogP contribution >= 0.6 is 0 Å². The molecule has 2 N–H and O–H groups in total. The maximum Gasteiger partial charge on any atom is 0.336 e. The van der Waals surface area contributed by atoms with Crippen molar-refractivity contribution < 1.29 is 13.9 Å². The number of carbonyl (C=O) groups excluding carboxylic acids is 1. The molecule has 1 aromatic carbocycles. The summed E-state index contributed by atoms with van der Waals surface area (Å²) in [7, 11) is 1.62. The smallest absolute Gasteiger partial charge is 0.336 e. The summed E-state index contributed by atoms with van der Waals surface area (Å²) in [5.41, 5.74) is 2.30. The number of rotatable bonds is 6. The molecule has 28 heavy (non-hydrogen) atoms. The van der Waals surface area contributed by atoms with Crippen LogP contribution in [0.25, 0.3) is 11.0 Å². The molecule has 2 heterocycles. The van der Waals surface area contributed by atoms with Crippen molar-refractivity contribution in [2.24, 2.45) is 0 Å². The zero-order valence-electron chi connectivity index (χ0n) is 16.3. The van der Waals surface area contributed by atoms with Crippen molar-refractivity contribution in [3.05, 3.63) is 51.9 Å². The van der Waals surface area contributed by atoms with Gasteiger partial charge in [-0.05, 0) is 44.0 Å². The number of carbonyl (C=O) groups is 1. The fourth-order valence-electron chi connectivity index (χ4n) is 2.98. The second-order valence-electron chi connectivity index (χ2n) is 6.61. The standard InChI is InChI=1S/C19H23N5O4/c1-11-8-17(25)28-16-7-12(2)15(9-14(11)16)22-19(26)21-13(3)18-23-20-10-24(18)5-6-27-4/h7-10,13H,5-6H2,1-4H3,(H2,21,22,26)/t13-/m1/s1. The van der Waals surface area contributed by atoms with Crippen molar-refractivity contribution in [1.29, 1.82) is 0 Å². The zero-order chi connectivity index (χ0) is 20.3. The van der Waals surface area contributed by atoms with E-state index in [2.05, 4.69) is 20.8 Å². The molecule has 3 aromatic rings. The van der Waals surface area contributed by atoms with Crippen LogP contribution in [0.4, 0.5) is 10.5 Å². The van der Waals surface area contributed by atoms with Crippen LogP contribution in [0.3, 0.4) is 0 Å². The van der Waals surface area contributed by atoms with Crippen molar-refractivity contribution >= 4 is 22.7 Å². The Labute approximate surface area is 161 Å². The quantitative estimate of drug-likeness (QED) is 0.631. The summed E-state index contributed by atoms with van der Waals surface area (Å²) in [5.74, 6) is 0.639. The number of hydrogen-bond donors (Lipinski definition) is 2. The fourth-order valence-corrected chi connectivity index (χ4v) is 2.98. The normalized spacial score (nSPS) is 12.1. The van der Waals surface area contributed by atoms with Gasteiger partial charge in [0.15, 0.2) is 5.82 Å². The van der Waals surface area contributed by atoms with Gasteiger partial charge in [-0.2, -0.15) is 0 Å². The predicted molar refractivity (Wildman–Crippen MR) is 104 cm³/mol. The van der Waals surface area contributed by atoms with Gasteiger partial charge in [0.2, 0.25) is 0 Å². The number of fused-ring (bicyclic) bond motifs is 1. The van der Waals surface area contributed by atoms with Gasteiger partial charge in [-0.3, -0.25) is 0 Å². The van der Waals surface area contributed by atoms with Crippen molar-refractivity contribution in [2.45, 2.75) is 33.4 Å². The Kier molecular flexibility index (Phi) is 5.74. The number of benzene rings is 1. The van der Waals surface area contributed by atoms with Crippen LogP contribution in [-0.4, -0.2) is 34.5 Å². The summed E-state index contributed by atoms with van der Waals surface area (Å²) >= 11 is 0. The molecule has 0 aliphatic heterocycles. The Hall–Kier alpha value is -3.20. The topological polar surface area (TPSA) is 111 Å². The third-order valence-corrected chi connectivity index (χ3v) is 4.46. The molecule has 0 radical (unpaired) electrons. The molecule has 0 aliphatic rings. The lowest BCUT2D eigenvalue weighted by Gasteiger charge is -2.16. The fraction of sp³-hybridized carbons (Fsp3) is 0.368. The number of nitrogens with one attached hydrogen (secondary N) is 2. The Bertz CT molecular complexity index is 1060. The lowest BCUT2D eigenvalue weighted by Crippen LogP contribution is -2.33. The molecule has 0 fully saturated rings. The summed E-state index contributed by atoms with van der Waals surface area (Å²) in [4.78, 5) is 24.0. The number of amides is 2. The van der Waals surface area contributed by atoms with E-state index < -0.39 is 5.63 Å². The molecule has 9 nitrogen and oxygen atoms in total. The highest BCUT2D eigenvalue weighted by molar-refractivity contribution is 5.94. The number of ether oxygens (including phenoxy) is 1. The monoisotopic (exact) mass is 385 g/mol. The Morgan fingerprint density at radius 2 is 2.07 bits per heavy atom. The molecule has 0 bridgehead atoms. The molecule has 0 saturated heterocycles. The highest BCUT2D eigenvalue weighted by Gasteiger charge is 2.16. The largest absolute Gasteiger partial charge is 0.423 e. The molecule has 3 rings (SSSR count). The maximum atomic E-state index is 12.5. The van der Waals surface area contributed by atoms with E-state index in [-0.39, 0.29) is 12.1 Å². The Balaban J connectivity index is 1.75. The van der Waals surface area contributed by atoms with Gasteiger partial charge < -0.3 is 24.4 Å². The second-order valence-corrected chi connectivity index (χ2v) is 6.61. The van der Waals surface area contributed by atoms with Crippen molar-refractivity contribution in [3.63, 3.8) is 0 Å². The number of anilines is 1. The number of urea groups is 1. The number of aromatic nitrogens is 3. The van der Waals surface area contributed by atoms with Crippen LogP contribution in [-0.2, 0) is 11.3 Å². The minimum absolute atomic E-state index is 0.347. The van der Waals surface area contributed by atoms with Gasteiger partial charge in [-0.15, -0.1) is 10.2 Å². The van der Waals surface area contributed by atoms with Crippen LogP contribution < -0.4 is 16.3 Å². The summed E-state index contributed by atoms with van der Waals surface area (Å²) in [6.45, 7) is 6.62. The van der Waals surface area contributed by atoms with Crippen molar-refractivity contribution in [2.75, 3.05) is 19.0 Å². The van der Waals surface area contributed by atoms with Crippen LogP contribution in [0.1, 0.15) is 29.9 Å². The molecule has 1 atom stereocenters. The predicted octanol–water partition coefficient (Wildman–Crippen LogP) is 2.53. The van der Waals surface area contributed by atoms with E-state index in [9.17, 15) is 9.59 Å². The van der Waals surface area contributed by atoms with E-state index in [4.69, 9.17) is 9.15 Å². The van der Waals surface area contributed by atoms with Crippen LogP contribution in [0.15, 0.2) is 33.7 Å². The van der Waals surface area contributed by atoms with Gasteiger partial charge in [0.1, 0.15) is 11.9 Å². The van der Waals surface area contributed by atoms with Crippen LogP contribution in [0.2, 0.25) is 0 Å². The lowest BCUT2D eigenvalue weighted by molar-refractivity contribution is 0.185. The highest BCUT2D eigenvalue weighted by atomic mass is 16.5. The second kappa shape index (κ2) is 8.22. The summed E-state index contributed by atoms with van der Waals surface area (Å²) in [5, 5.41) is 14.5. The minimum atomic E-state index is -0.394. The molecule has 0 unspecified atom stereocenters. The number of methoxy groups -OCH3 is 1. The molecule has 9 heteroatoms. The number of hydrogen-bond acceptors (Lipinski definition) is 6. The van der Waals surface area contributed by atoms with Gasteiger partial charge in [-0.1, -0.05) is 0 Å². The van der Waals surface area contributed by atoms with E-state index in [0.717, 1.165) is 16.5 Å². The molecule has 2 amide bonds. The summed E-state index contributed by atoms with van der Waals surface area (Å²) in [6, 6.07) is 4.25. The first-order valence-electron chi connectivity index (χ1n) is 8.88. The van der Waals surface area contributed by atoms with Crippen LogP contribution in [0.5, 0.6) is 0 Å². The van der Waals surface area contributed by atoms with E-state index in [1.54, 1.807) is 25.6 Å². The molecule has 148 valence electrons. The summed E-state index contributed by atoms with van der Waals surface area (Å²) in [6.07, 6.45) is 1.61. The number of aryl methyl sites for hydroxylation is 2. The van der Waals surface area contributed by atoms with Crippen molar-refractivity contribution in [3.8, 4) is 0 Å². The van der Waals surface area contributed by atoms with Gasteiger partial charge in [0.25, 0.3) is 0 Å². The van der Waals surface area contributed by atoms with E-state index in [0.29, 0.717) is 30.2 Å². The lowest BCUT2D eigenvalue weighted by atomic mass is 10.1. The third-order valence-electron chi connectivity index (χ3n) is 4.46. The first-order chi connectivity index (χ1) is 13.4. The first-order valence-corrected chi connectivity index (χ1v) is 8.88. The van der Waals surface area contributed by atoms with Crippen LogP contribution in [0, 0.1) is 13.8 Å². The van der Waals surface area contributed by atoms with E-state index in [1.807, 2.05) is 25.3 Å². The number of nitrogens with zero attached hydrogens (tertiary/aromatic N) is 3. The van der Waals surface area contributed by atoms with Gasteiger partial charge in [-0.25, -0.2) is 9.59 Å². The van der Waals surface area contributed by atoms with Gasteiger partial charge in [0, 0.05) is 30.8 Å². The third kappa shape index (κ3) is 4.20. The molecular weight excluding hydrogens is 362 g/mol. The molecule has 2 aromatic heterocycles. The molecular formula is C19H23N5O4. The highest BCUT2D eigenvalue weighted by Crippen LogP contribution is 2.25. The summed E-state index contributed by atoms with van der Waals surface area (Å²) < 4.78 is 12.1. The SMILES string of the molecule is COCCn1cnnc1[C@@H](C)NC(=O)Nc1cc2c(C)cc(=O)oc2cc1C. The van der Waals surface area contributed by atoms with E-state index in [1.165, 1.54) is 6.07 Å². The van der Waals surface area contributed by atoms with Crippen molar-refractivity contribution in [1.82, 2.24) is 20.1 Å². The van der Waals surface area contributed by atoms with Gasteiger partial charge in [0.05, 0.1) is 12.6 Å². The average Bonchev–Trinajstić information content (AvgIpc) is 3.09.